The largest absolute Gasteiger partial charge is 0.484 e. The molecule has 43 heavy (non-hydrogen) atoms. The van der Waals surface area contributed by atoms with Crippen molar-refractivity contribution >= 4 is 34.6 Å². The smallest absolute Gasteiger partial charge is 0.261 e. The van der Waals surface area contributed by atoms with Gasteiger partial charge in [-0.2, -0.15) is 0 Å². The van der Waals surface area contributed by atoms with Crippen molar-refractivity contribution in [3.63, 3.8) is 0 Å². The van der Waals surface area contributed by atoms with E-state index in [9.17, 15) is 24.0 Å². The van der Waals surface area contributed by atoms with E-state index in [1.165, 1.54) is 11.0 Å². The zero-order chi connectivity index (χ0) is 31.1. The number of para-hydroxylation sites is 1. The number of carbonyl (C=O) groups excluding carboxylic acids is 4. The fraction of sp³-hybridized carbons (Fsp3) is 0.387. The van der Waals surface area contributed by atoms with Gasteiger partial charge in [0.05, 0.1) is 11.9 Å². The van der Waals surface area contributed by atoms with Crippen LogP contribution in [0.3, 0.4) is 0 Å². The molecule has 0 radical (unpaired) electrons. The van der Waals surface area contributed by atoms with Gasteiger partial charge >= 0.3 is 0 Å². The summed E-state index contributed by atoms with van der Waals surface area (Å²) in [7, 11) is 0. The van der Waals surface area contributed by atoms with Gasteiger partial charge in [0.1, 0.15) is 34.9 Å². The number of ether oxygens (including phenoxy) is 2. The highest BCUT2D eigenvalue weighted by atomic mass is 16.5. The zero-order valence-electron chi connectivity index (χ0n) is 24.4. The summed E-state index contributed by atoms with van der Waals surface area (Å²) in [5.74, 6) is -0.797. The summed E-state index contributed by atoms with van der Waals surface area (Å²) in [5.41, 5.74) is 5.05. The van der Waals surface area contributed by atoms with E-state index >= 15 is 0 Å². The van der Waals surface area contributed by atoms with E-state index in [0.717, 1.165) is 0 Å². The van der Waals surface area contributed by atoms with Crippen LogP contribution in [-0.4, -0.2) is 60.3 Å². The number of nitrogens with two attached hydrogens (primary N) is 1. The number of fused-ring (bicyclic) bond motifs is 1. The van der Waals surface area contributed by atoms with Crippen LogP contribution in [0.15, 0.2) is 57.7 Å². The lowest BCUT2D eigenvalue weighted by molar-refractivity contribution is -0.141. The Morgan fingerprint density at radius 1 is 1.09 bits per heavy atom. The lowest BCUT2D eigenvalue weighted by Gasteiger charge is -2.27. The molecule has 2 unspecified atom stereocenters. The molecule has 12 heteroatoms. The van der Waals surface area contributed by atoms with Gasteiger partial charge < -0.3 is 35.2 Å². The molecule has 1 fully saturated rings. The van der Waals surface area contributed by atoms with Crippen LogP contribution in [0.1, 0.15) is 38.9 Å². The molecule has 2 aromatic carbocycles. The normalized spacial score (nSPS) is 15.3. The van der Waals surface area contributed by atoms with Gasteiger partial charge in [-0.15, -0.1) is 0 Å². The number of carbonyl (C=O) groups is 4. The molecule has 4 N–H and O–H groups in total. The second-order valence-corrected chi connectivity index (χ2v) is 10.8. The van der Waals surface area contributed by atoms with Crippen LogP contribution in [-0.2, 0) is 19.2 Å². The van der Waals surface area contributed by atoms with Gasteiger partial charge in [-0.05, 0) is 56.4 Å². The number of amides is 4. The fourth-order valence-electron chi connectivity index (χ4n) is 4.92. The van der Waals surface area contributed by atoms with E-state index in [2.05, 4.69) is 10.6 Å². The predicted molar refractivity (Wildman–Crippen MR) is 158 cm³/mol. The lowest BCUT2D eigenvalue weighted by Crippen LogP contribution is -2.54. The van der Waals surface area contributed by atoms with E-state index in [-0.39, 0.29) is 35.8 Å². The van der Waals surface area contributed by atoms with Gasteiger partial charge in [-0.25, -0.2) is 0 Å². The first kappa shape index (κ1) is 31.1. The summed E-state index contributed by atoms with van der Waals surface area (Å²) >= 11 is 0. The van der Waals surface area contributed by atoms with Crippen LogP contribution in [0.2, 0.25) is 0 Å². The quantitative estimate of drug-likeness (QED) is 0.288. The van der Waals surface area contributed by atoms with Crippen molar-refractivity contribution in [2.45, 2.75) is 52.1 Å². The third-order valence-electron chi connectivity index (χ3n) is 6.96. The van der Waals surface area contributed by atoms with Crippen LogP contribution in [0.5, 0.6) is 17.2 Å². The molecule has 0 aliphatic carbocycles. The van der Waals surface area contributed by atoms with E-state index in [0.29, 0.717) is 48.5 Å². The summed E-state index contributed by atoms with van der Waals surface area (Å²) in [4.78, 5) is 64.4. The van der Waals surface area contributed by atoms with Crippen molar-refractivity contribution in [2.24, 2.45) is 11.7 Å². The number of nitrogens with zero attached hydrogens (tertiary/aromatic N) is 1. The fourth-order valence-corrected chi connectivity index (χ4v) is 4.92. The topological polar surface area (TPSA) is 170 Å². The highest BCUT2D eigenvalue weighted by molar-refractivity contribution is 5.93. The standard InChI is InChI=1S/C31H36N4O8/c1-18(2)14-23(30(39)33-16-26(32)36)34-31(40)24-10-7-13-35(24)27(37)17-41-21-11-12-22-25(15-21)42-19(3)29(28(22)38)43-20-8-5-4-6-9-20/h4-6,8-9,11-12,15,18,23-24H,7,10,13-14,16-17H2,1-3H3,(H2,32,36)(H,33,39)(H,34,40). The maximum absolute atomic E-state index is 13.2. The van der Waals surface area contributed by atoms with Crippen molar-refractivity contribution in [2.75, 3.05) is 19.7 Å². The van der Waals surface area contributed by atoms with E-state index in [1.54, 1.807) is 43.3 Å². The molecule has 1 saturated heterocycles. The SMILES string of the molecule is Cc1oc2cc(OCC(=O)N3CCCC3C(=O)NC(CC(C)C)C(=O)NCC(N)=O)ccc2c(=O)c1Oc1ccccc1. The molecule has 1 aliphatic heterocycles. The third-order valence-corrected chi connectivity index (χ3v) is 6.96. The highest BCUT2D eigenvalue weighted by Gasteiger charge is 2.36. The van der Waals surface area contributed by atoms with E-state index < -0.39 is 35.7 Å². The highest BCUT2D eigenvalue weighted by Crippen LogP contribution is 2.27. The molecule has 0 bridgehead atoms. The van der Waals surface area contributed by atoms with Crippen molar-refractivity contribution in [1.29, 1.82) is 0 Å². The number of rotatable bonds is 12. The summed E-state index contributed by atoms with van der Waals surface area (Å²) < 4.78 is 17.3. The average Bonchev–Trinajstić information content (AvgIpc) is 3.47. The van der Waals surface area contributed by atoms with Gasteiger partial charge in [0.25, 0.3) is 5.91 Å². The molecule has 3 aromatic rings. The number of aryl methyl sites for hydroxylation is 1. The van der Waals surface area contributed by atoms with Gasteiger partial charge in [-0.3, -0.25) is 24.0 Å². The Morgan fingerprint density at radius 2 is 1.84 bits per heavy atom. The Morgan fingerprint density at radius 3 is 2.53 bits per heavy atom. The Hall–Kier alpha value is -4.87. The first-order valence-corrected chi connectivity index (χ1v) is 14.1. The Labute approximate surface area is 248 Å². The third kappa shape index (κ3) is 7.91. The van der Waals surface area contributed by atoms with Gasteiger partial charge in [0, 0.05) is 12.6 Å². The molecular formula is C31H36N4O8. The van der Waals surface area contributed by atoms with E-state index in [4.69, 9.17) is 19.6 Å². The number of hydrogen-bond acceptors (Lipinski definition) is 8. The van der Waals surface area contributed by atoms with Crippen LogP contribution in [0.25, 0.3) is 11.0 Å². The Bertz CT molecular complexity index is 1550. The summed E-state index contributed by atoms with van der Waals surface area (Å²) in [6, 6.07) is 11.9. The molecule has 1 aliphatic rings. The van der Waals surface area contributed by atoms with Crippen molar-refractivity contribution in [1.82, 2.24) is 15.5 Å². The monoisotopic (exact) mass is 592 g/mol. The first-order chi connectivity index (χ1) is 20.5. The number of likely N-dealkylation sites (tertiary alicyclic amines) is 1. The van der Waals surface area contributed by atoms with Crippen LogP contribution in [0.4, 0.5) is 0 Å². The zero-order valence-corrected chi connectivity index (χ0v) is 24.4. The van der Waals surface area contributed by atoms with Crippen molar-refractivity contribution < 1.29 is 33.1 Å². The number of hydrogen-bond donors (Lipinski definition) is 3. The van der Waals surface area contributed by atoms with Crippen LogP contribution < -0.4 is 31.3 Å². The molecule has 0 spiro atoms. The maximum atomic E-state index is 13.2. The maximum Gasteiger partial charge on any atom is 0.261 e. The molecule has 0 saturated carbocycles. The average molecular weight is 593 g/mol. The van der Waals surface area contributed by atoms with E-state index in [1.807, 2.05) is 19.9 Å². The van der Waals surface area contributed by atoms with Crippen molar-refractivity contribution in [3.8, 4) is 17.2 Å². The molecule has 2 heterocycles. The number of benzene rings is 2. The Balaban J connectivity index is 1.40. The van der Waals surface area contributed by atoms with Crippen LogP contribution >= 0.6 is 0 Å². The minimum absolute atomic E-state index is 0.0810. The van der Waals surface area contributed by atoms with Crippen LogP contribution in [0, 0.1) is 12.8 Å². The summed E-state index contributed by atoms with van der Waals surface area (Å²) in [6.45, 7) is 5.11. The van der Waals surface area contributed by atoms with Gasteiger partial charge in [0.2, 0.25) is 28.9 Å². The summed E-state index contributed by atoms with van der Waals surface area (Å²) in [6.07, 6.45) is 1.39. The minimum atomic E-state index is -0.880. The molecule has 12 nitrogen and oxygen atoms in total. The molecule has 4 rings (SSSR count). The first-order valence-electron chi connectivity index (χ1n) is 14.1. The minimum Gasteiger partial charge on any atom is -0.484 e. The predicted octanol–water partition coefficient (Wildman–Crippen LogP) is 2.40. The van der Waals surface area contributed by atoms with Gasteiger partial charge in [-0.1, -0.05) is 32.0 Å². The molecular weight excluding hydrogens is 556 g/mol. The van der Waals surface area contributed by atoms with Gasteiger partial charge in [0.15, 0.2) is 6.61 Å². The molecule has 1 aromatic heterocycles. The second kappa shape index (κ2) is 13.9. The number of primary amides is 1. The number of nitrogens with one attached hydrogen (secondary N) is 2. The lowest BCUT2D eigenvalue weighted by atomic mass is 10.0. The molecule has 228 valence electrons. The second-order valence-electron chi connectivity index (χ2n) is 10.8. The Kier molecular flexibility index (Phi) is 10.0. The molecule has 2 atom stereocenters. The van der Waals surface area contributed by atoms with Crippen molar-refractivity contribution in [3.05, 3.63) is 64.5 Å². The molecule has 4 amide bonds. The summed E-state index contributed by atoms with van der Waals surface area (Å²) in [5, 5.41) is 5.45.